The second-order valence-electron chi connectivity index (χ2n) is 6.22. The monoisotopic (exact) mass is 407 g/mol. The molecule has 0 aliphatic rings. The Balaban J connectivity index is 1.65. The first-order chi connectivity index (χ1) is 13.4. The molecular weight excluding hydrogens is 390 g/mol. The Morgan fingerprint density at radius 2 is 1.29 bits per heavy atom. The lowest BCUT2D eigenvalue weighted by Crippen LogP contribution is -2.11. The Kier molecular flexibility index (Phi) is 6.34. The van der Waals surface area contributed by atoms with E-state index in [-0.39, 0.29) is 11.7 Å². The number of hydrogen-bond acceptors (Lipinski definition) is 3. The summed E-state index contributed by atoms with van der Waals surface area (Å²) in [5.74, 6) is -0.229. The van der Waals surface area contributed by atoms with Crippen LogP contribution in [0.5, 0.6) is 0 Å². The maximum Gasteiger partial charge on any atom is 0.250 e. The summed E-state index contributed by atoms with van der Waals surface area (Å²) in [6.45, 7) is 5.29. The molecule has 0 bridgehead atoms. The standard InChI is InChI=1S/C23H18ClNO2S/c1-15(2)23(27)25-19-9-13-21(14-10-19)28-20-11-5-17(6-12-20)22(26)16-3-7-18(24)8-4-16/h3-14H,1H2,2H3,(H,25,27). The van der Waals surface area contributed by atoms with E-state index in [1.165, 1.54) is 0 Å². The van der Waals surface area contributed by atoms with E-state index in [2.05, 4.69) is 11.9 Å². The number of ketones is 1. The van der Waals surface area contributed by atoms with Crippen LogP contribution in [0.25, 0.3) is 0 Å². The van der Waals surface area contributed by atoms with E-state index < -0.39 is 0 Å². The van der Waals surface area contributed by atoms with Crippen molar-refractivity contribution in [3.8, 4) is 0 Å². The summed E-state index contributed by atoms with van der Waals surface area (Å²) < 4.78 is 0. The van der Waals surface area contributed by atoms with Crippen molar-refractivity contribution < 1.29 is 9.59 Å². The van der Waals surface area contributed by atoms with E-state index in [0.29, 0.717) is 21.7 Å². The van der Waals surface area contributed by atoms with Crippen LogP contribution in [-0.2, 0) is 4.79 Å². The van der Waals surface area contributed by atoms with Gasteiger partial charge in [-0.25, -0.2) is 0 Å². The summed E-state index contributed by atoms with van der Waals surface area (Å²) >= 11 is 7.45. The number of carbonyl (C=O) groups excluding carboxylic acids is 2. The highest BCUT2D eigenvalue weighted by Gasteiger charge is 2.09. The van der Waals surface area contributed by atoms with Crippen LogP contribution in [-0.4, -0.2) is 11.7 Å². The van der Waals surface area contributed by atoms with E-state index in [0.717, 1.165) is 15.5 Å². The molecule has 3 aromatic rings. The molecule has 0 saturated heterocycles. The molecule has 28 heavy (non-hydrogen) atoms. The fourth-order valence-corrected chi connectivity index (χ4v) is 3.36. The zero-order chi connectivity index (χ0) is 20.1. The zero-order valence-electron chi connectivity index (χ0n) is 15.2. The van der Waals surface area contributed by atoms with Gasteiger partial charge in [0.05, 0.1) is 0 Å². The van der Waals surface area contributed by atoms with E-state index >= 15 is 0 Å². The van der Waals surface area contributed by atoms with Crippen molar-refractivity contribution >= 4 is 40.7 Å². The summed E-state index contributed by atoms with van der Waals surface area (Å²) in [6.07, 6.45) is 0. The lowest BCUT2D eigenvalue weighted by Gasteiger charge is -2.07. The molecule has 0 atom stereocenters. The molecule has 3 rings (SSSR count). The fraction of sp³-hybridized carbons (Fsp3) is 0.0435. The van der Waals surface area contributed by atoms with Gasteiger partial charge in [0.1, 0.15) is 0 Å². The second-order valence-corrected chi connectivity index (χ2v) is 7.80. The molecule has 0 heterocycles. The Bertz CT molecular complexity index is 1010. The smallest absolute Gasteiger partial charge is 0.250 e. The molecule has 140 valence electrons. The van der Waals surface area contributed by atoms with E-state index in [9.17, 15) is 9.59 Å². The van der Waals surface area contributed by atoms with Gasteiger partial charge in [-0.3, -0.25) is 9.59 Å². The second kappa shape index (κ2) is 8.91. The molecular formula is C23H18ClNO2S. The Morgan fingerprint density at radius 1 is 0.821 bits per heavy atom. The maximum absolute atomic E-state index is 12.5. The molecule has 0 spiro atoms. The summed E-state index contributed by atoms with van der Waals surface area (Å²) in [5.41, 5.74) is 2.43. The molecule has 0 aliphatic carbocycles. The van der Waals surface area contributed by atoms with Gasteiger partial charge in [-0.2, -0.15) is 0 Å². The van der Waals surface area contributed by atoms with Crippen molar-refractivity contribution in [3.05, 3.63) is 101 Å². The predicted octanol–water partition coefficient (Wildman–Crippen LogP) is 6.24. The molecule has 3 nitrogen and oxygen atoms in total. The number of hydrogen-bond donors (Lipinski definition) is 1. The molecule has 0 aromatic heterocycles. The molecule has 0 fully saturated rings. The van der Waals surface area contributed by atoms with Crippen LogP contribution in [0.3, 0.4) is 0 Å². The van der Waals surface area contributed by atoms with E-state index in [1.807, 2.05) is 48.5 Å². The lowest BCUT2D eigenvalue weighted by molar-refractivity contribution is -0.112. The van der Waals surface area contributed by atoms with Gasteiger partial charge in [0, 0.05) is 37.2 Å². The quantitative estimate of drug-likeness (QED) is 0.388. The van der Waals surface area contributed by atoms with Gasteiger partial charge in [-0.05, 0) is 79.7 Å². The van der Waals surface area contributed by atoms with Gasteiger partial charge in [0.15, 0.2) is 5.78 Å². The third kappa shape index (κ3) is 5.12. The summed E-state index contributed by atoms with van der Waals surface area (Å²) in [6, 6.07) is 21.9. The minimum Gasteiger partial charge on any atom is -0.322 e. The van der Waals surface area contributed by atoms with Crippen LogP contribution in [0.15, 0.2) is 94.7 Å². The highest BCUT2D eigenvalue weighted by molar-refractivity contribution is 7.99. The zero-order valence-corrected chi connectivity index (χ0v) is 16.8. The van der Waals surface area contributed by atoms with Gasteiger partial charge >= 0.3 is 0 Å². The van der Waals surface area contributed by atoms with Crippen molar-refractivity contribution in [2.75, 3.05) is 5.32 Å². The highest BCUT2D eigenvalue weighted by Crippen LogP contribution is 2.29. The molecule has 0 radical (unpaired) electrons. The first-order valence-corrected chi connectivity index (χ1v) is 9.77. The van der Waals surface area contributed by atoms with Gasteiger partial charge in [0.2, 0.25) is 0 Å². The van der Waals surface area contributed by atoms with Crippen molar-refractivity contribution in [1.29, 1.82) is 0 Å². The first kappa shape index (κ1) is 19.9. The van der Waals surface area contributed by atoms with Crippen molar-refractivity contribution in [1.82, 2.24) is 0 Å². The lowest BCUT2D eigenvalue weighted by atomic mass is 10.0. The van der Waals surface area contributed by atoms with Gasteiger partial charge < -0.3 is 5.32 Å². The Morgan fingerprint density at radius 3 is 1.79 bits per heavy atom. The van der Waals surface area contributed by atoms with Gasteiger partial charge in [-0.15, -0.1) is 0 Å². The largest absolute Gasteiger partial charge is 0.322 e. The first-order valence-electron chi connectivity index (χ1n) is 8.57. The molecule has 1 N–H and O–H groups in total. The summed E-state index contributed by atoms with van der Waals surface area (Å²) in [7, 11) is 0. The molecule has 0 aliphatic heterocycles. The molecule has 1 amide bonds. The van der Waals surface area contributed by atoms with Gasteiger partial charge in [0.25, 0.3) is 5.91 Å². The highest BCUT2D eigenvalue weighted by atomic mass is 35.5. The maximum atomic E-state index is 12.5. The normalized spacial score (nSPS) is 10.4. The number of nitrogens with one attached hydrogen (secondary N) is 1. The van der Waals surface area contributed by atoms with Crippen LogP contribution in [0, 0.1) is 0 Å². The van der Waals surface area contributed by atoms with Gasteiger partial charge in [-0.1, -0.05) is 29.9 Å². The SMILES string of the molecule is C=C(C)C(=O)Nc1ccc(Sc2ccc(C(=O)c3ccc(Cl)cc3)cc2)cc1. The fourth-order valence-electron chi connectivity index (χ4n) is 2.42. The number of anilines is 1. The molecule has 3 aromatic carbocycles. The van der Waals surface area contributed by atoms with E-state index in [1.54, 1.807) is 43.0 Å². The van der Waals surface area contributed by atoms with Crippen LogP contribution in [0.2, 0.25) is 5.02 Å². The number of benzene rings is 3. The van der Waals surface area contributed by atoms with Crippen LogP contribution < -0.4 is 5.32 Å². The molecule has 5 heteroatoms. The predicted molar refractivity (Wildman–Crippen MR) is 115 cm³/mol. The van der Waals surface area contributed by atoms with Crippen LogP contribution >= 0.6 is 23.4 Å². The topological polar surface area (TPSA) is 46.2 Å². The number of amides is 1. The Labute approximate surface area is 173 Å². The minimum absolute atomic E-state index is 0.0363. The summed E-state index contributed by atoms with van der Waals surface area (Å²) in [4.78, 5) is 26.2. The summed E-state index contributed by atoms with van der Waals surface area (Å²) in [5, 5.41) is 3.38. The molecule has 0 saturated carbocycles. The van der Waals surface area contributed by atoms with Crippen molar-refractivity contribution in [2.45, 2.75) is 16.7 Å². The van der Waals surface area contributed by atoms with E-state index in [4.69, 9.17) is 11.6 Å². The Hall–Kier alpha value is -2.82. The third-order valence-corrected chi connectivity index (χ3v) is 5.23. The van der Waals surface area contributed by atoms with Crippen LogP contribution in [0.1, 0.15) is 22.8 Å². The average Bonchev–Trinajstić information content (AvgIpc) is 2.70. The van der Waals surface area contributed by atoms with Crippen molar-refractivity contribution in [2.24, 2.45) is 0 Å². The minimum atomic E-state index is -0.193. The number of carbonyl (C=O) groups is 2. The van der Waals surface area contributed by atoms with Crippen LogP contribution in [0.4, 0.5) is 5.69 Å². The van der Waals surface area contributed by atoms with Crippen molar-refractivity contribution in [3.63, 3.8) is 0 Å². The number of rotatable bonds is 6. The molecule has 0 unspecified atom stereocenters. The third-order valence-electron chi connectivity index (χ3n) is 3.96. The number of halogens is 1. The average molecular weight is 408 g/mol.